The lowest BCUT2D eigenvalue weighted by atomic mass is 9.93. The molecule has 0 bridgehead atoms. The average Bonchev–Trinajstić information content (AvgIpc) is 3.73. The molecule has 1 aromatic carbocycles. The van der Waals surface area contributed by atoms with Crippen LogP contribution in [0, 0.1) is 5.92 Å². The van der Waals surface area contributed by atoms with E-state index in [1.165, 1.54) is 25.6 Å². The highest BCUT2D eigenvalue weighted by Gasteiger charge is 2.32. The number of benzene rings is 1. The molecular formula is C28H35N7O8. The number of aromatic nitrogens is 4. The number of aliphatic hydroxyl groups excluding tert-OH is 2. The van der Waals surface area contributed by atoms with E-state index in [-0.39, 0.29) is 24.5 Å². The Kier molecular flexibility index (Phi) is 9.33. The van der Waals surface area contributed by atoms with Gasteiger partial charge in [0.05, 0.1) is 25.6 Å². The number of carbonyl (C=O) groups excluding carboxylic acids is 3. The van der Waals surface area contributed by atoms with E-state index in [0.717, 1.165) is 12.8 Å². The van der Waals surface area contributed by atoms with E-state index in [0.29, 0.717) is 60.7 Å². The monoisotopic (exact) mass is 597 g/mol. The molecule has 230 valence electrons. The number of rotatable bonds is 11. The number of imidazole rings is 1. The number of esters is 1. The van der Waals surface area contributed by atoms with Crippen molar-refractivity contribution in [2.24, 2.45) is 5.92 Å². The molecule has 3 heterocycles. The summed E-state index contributed by atoms with van der Waals surface area (Å²) in [6.07, 6.45) is 2.02. The largest absolute Gasteiger partial charge is 0.465 e. The second kappa shape index (κ2) is 13.3. The Morgan fingerprint density at radius 1 is 1.12 bits per heavy atom. The van der Waals surface area contributed by atoms with E-state index in [4.69, 9.17) is 15.2 Å². The first-order valence-corrected chi connectivity index (χ1v) is 14.1. The number of nitrogens with two attached hydrogens (primary N) is 1. The van der Waals surface area contributed by atoms with Gasteiger partial charge in [-0.15, -0.1) is 0 Å². The second-order valence-electron chi connectivity index (χ2n) is 10.7. The fourth-order valence-corrected chi connectivity index (χ4v) is 4.85. The highest BCUT2D eigenvalue weighted by Crippen LogP contribution is 2.25. The lowest BCUT2D eigenvalue weighted by Gasteiger charge is -2.31. The Hall–Kier alpha value is -4.34. The molecule has 0 radical (unpaired) electrons. The van der Waals surface area contributed by atoms with Gasteiger partial charge in [0.2, 0.25) is 0 Å². The van der Waals surface area contributed by atoms with E-state index < -0.39 is 36.8 Å². The summed E-state index contributed by atoms with van der Waals surface area (Å²) in [7, 11) is 1.30. The first kappa shape index (κ1) is 30.1. The van der Waals surface area contributed by atoms with Crippen LogP contribution in [0.3, 0.4) is 0 Å². The maximum atomic E-state index is 12.7. The number of methoxy groups -OCH3 is 1. The molecule has 1 unspecified atom stereocenters. The molecule has 15 nitrogen and oxygen atoms in total. The van der Waals surface area contributed by atoms with Gasteiger partial charge in [-0.25, -0.2) is 24.5 Å². The summed E-state index contributed by atoms with van der Waals surface area (Å²) in [5.41, 5.74) is 7.34. The van der Waals surface area contributed by atoms with Gasteiger partial charge in [-0.2, -0.15) is 0 Å². The molecule has 2 aliphatic rings. The van der Waals surface area contributed by atoms with Crippen LogP contribution in [0.5, 0.6) is 5.75 Å². The van der Waals surface area contributed by atoms with E-state index in [2.05, 4.69) is 25.0 Å². The zero-order chi connectivity index (χ0) is 30.5. The van der Waals surface area contributed by atoms with Crippen molar-refractivity contribution >= 4 is 35.0 Å². The normalized spacial score (nSPS) is 17.0. The molecule has 2 amide bonds. The van der Waals surface area contributed by atoms with Gasteiger partial charge in [0.25, 0.3) is 5.91 Å². The van der Waals surface area contributed by atoms with Crippen molar-refractivity contribution < 1.29 is 38.8 Å². The van der Waals surface area contributed by atoms with Gasteiger partial charge in [-0.3, -0.25) is 9.36 Å². The van der Waals surface area contributed by atoms with Crippen molar-refractivity contribution in [1.82, 2.24) is 29.7 Å². The minimum absolute atomic E-state index is 0.0675. The van der Waals surface area contributed by atoms with E-state index in [1.54, 1.807) is 21.6 Å². The highest BCUT2D eigenvalue weighted by molar-refractivity contribution is 5.89. The van der Waals surface area contributed by atoms with E-state index in [9.17, 15) is 24.6 Å². The van der Waals surface area contributed by atoms with Crippen LogP contribution in [-0.4, -0.2) is 97.7 Å². The molecule has 3 aromatic rings. The minimum atomic E-state index is -1.39. The van der Waals surface area contributed by atoms with Gasteiger partial charge in [0.15, 0.2) is 17.6 Å². The molecule has 1 saturated heterocycles. The number of nitrogens with one attached hydrogen (secondary N) is 1. The van der Waals surface area contributed by atoms with Gasteiger partial charge in [-0.1, -0.05) is 0 Å². The molecule has 1 aliphatic carbocycles. The lowest BCUT2D eigenvalue weighted by Crippen LogP contribution is -2.46. The van der Waals surface area contributed by atoms with Crippen molar-refractivity contribution in [3.63, 3.8) is 0 Å². The molecule has 15 heteroatoms. The minimum Gasteiger partial charge on any atom is -0.465 e. The molecule has 1 saturated carbocycles. The summed E-state index contributed by atoms with van der Waals surface area (Å²) < 4.78 is 17.4. The number of hydrogen-bond donors (Lipinski definition) is 4. The summed E-state index contributed by atoms with van der Waals surface area (Å²) in [5.74, 6) is 0.284. The number of hydrogen-bond acceptors (Lipinski definition) is 12. The molecule has 1 aliphatic heterocycles. The summed E-state index contributed by atoms with van der Waals surface area (Å²) in [6, 6.07) is 6.22. The number of piperidine rings is 1. The summed E-state index contributed by atoms with van der Waals surface area (Å²) in [4.78, 5) is 51.8. The van der Waals surface area contributed by atoms with Crippen LogP contribution >= 0.6 is 0 Å². The van der Waals surface area contributed by atoms with Crippen molar-refractivity contribution in [2.45, 2.75) is 57.1 Å². The van der Waals surface area contributed by atoms with Crippen LogP contribution in [0.1, 0.15) is 41.9 Å². The molecule has 2 atom stereocenters. The van der Waals surface area contributed by atoms with Gasteiger partial charge in [0.1, 0.15) is 29.9 Å². The van der Waals surface area contributed by atoms with Gasteiger partial charge < -0.3 is 40.4 Å². The molecule has 43 heavy (non-hydrogen) atoms. The van der Waals surface area contributed by atoms with Crippen LogP contribution < -0.4 is 15.8 Å². The number of anilines is 1. The SMILES string of the molecule is COC(=O)c1ccc(OC(=O)N2CCC(Cc3nc(N)c4ncn(CO[C@H](C(=O)NC5CC5)C(O)CO)c4n3)CC2)cc1. The Morgan fingerprint density at radius 2 is 1.84 bits per heavy atom. The van der Waals surface area contributed by atoms with Crippen LogP contribution in [0.2, 0.25) is 0 Å². The van der Waals surface area contributed by atoms with Gasteiger partial charge >= 0.3 is 12.1 Å². The molecular weight excluding hydrogens is 562 g/mol. The Bertz CT molecular complexity index is 1450. The van der Waals surface area contributed by atoms with Crippen LogP contribution in [-0.2, 0) is 27.4 Å². The van der Waals surface area contributed by atoms with Crippen LogP contribution in [0.15, 0.2) is 30.6 Å². The second-order valence-corrected chi connectivity index (χ2v) is 10.7. The lowest BCUT2D eigenvalue weighted by molar-refractivity contribution is -0.147. The average molecular weight is 598 g/mol. The topological polar surface area (TPSA) is 204 Å². The summed E-state index contributed by atoms with van der Waals surface area (Å²) >= 11 is 0. The molecule has 2 aromatic heterocycles. The first-order valence-electron chi connectivity index (χ1n) is 14.1. The Morgan fingerprint density at radius 3 is 2.49 bits per heavy atom. The van der Waals surface area contributed by atoms with Crippen molar-refractivity contribution in [1.29, 1.82) is 0 Å². The summed E-state index contributed by atoms with van der Waals surface area (Å²) in [5, 5.41) is 22.3. The Balaban J connectivity index is 1.17. The standard InChI is InChI=1S/C28H35N7O8/c1-41-27(39)17-2-6-19(7-3-17)43-28(40)34-10-8-16(9-11-34)12-21-32-24(29)22-25(33-21)35(14-30-22)15-42-23(20(37)13-36)26(38)31-18-4-5-18/h2-3,6-7,14,16,18,20,23,36-37H,4-5,8-13,15H2,1H3,(H,31,38)(H2,29,32,33)/t20?,23-/m0/s1. The number of fused-ring (bicyclic) bond motifs is 1. The third-order valence-electron chi connectivity index (χ3n) is 7.47. The number of nitrogen functional groups attached to an aromatic ring is 1. The van der Waals surface area contributed by atoms with Crippen LogP contribution in [0.4, 0.5) is 10.6 Å². The zero-order valence-corrected chi connectivity index (χ0v) is 23.7. The van der Waals surface area contributed by atoms with Crippen LogP contribution in [0.25, 0.3) is 11.2 Å². The zero-order valence-electron chi connectivity index (χ0n) is 23.7. The molecule has 5 N–H and O–H groups in total. The third-order valence-corrected chi connectivity index (χ3v) is 7.47. The van der Waals surface area contributed by atoms with Crippen molar-refractivity contribution in [2.75, 3.05) is 32.5 Å². The maximum Gasteiger partial charge on any atom is 0.415 e. The number of ether oxygens (including phenoxy) is 3. The van der Waals surface area contributed by atoms with Crippen molar-refractivity contribution in [3.05, 3.63) is 42.0 Å². The number of nitrogens with zero attached hydrogens (tertiary/aromatic N) is 5. The van der Waals surface area contributed by atoms with Crippen molar-refractivity contribution in [3.8, 4) is 5.75 Å². The molecule has 5 rings (SSSR count). The molecule has 0 spiro atoms. The third kappa shape index (κ3) is 7.36. The number of likely N-dealkylation sites (tertiary alicyclic amines) is 1. The smallest absolute Gasteiger partial charge is 0.415 e. The van der Waals surface area contributed by atoms with E-state index in [1.807, 2.05) is 0 Å². The van der Waals surface area contributed by atoms with Gasteiger partial charge in [0, 0.05) is 25.6 Å². The molecule has 2 fully saturated rings. The predicted octanol–water partition coefficient (Wildman–Crippen LogP) is 0.623. The number of aliphatic hydroxyl groups is 2. The summed E-state index contributed by atoms with van der Waals surface area (Å²) in [6.45, 7) is 0.195. The maximum absolute atomic E-state index is 12.7. The highest BCUT2D eigenvalue weighted by atomic mass is 16.6. The first-order chi connectivity index (χ1) is 20.7. The fraction of sp³-hybridized carbons (Fsp3) is 0.500. The van der Waals surface area contributed by atoms with Gasteiger partial charge in [-0.05, 0) is 55.9 Å². The quantitative estimate of drug-likeness (QED) is 0.225. The number of amides is 2. The Labute approximate surface area is 247 Å². The van der Waals surface area contributed by atoms with E-state index >= 15 is 0 Å². The fourth-order valence-electron chi connectivity index (χ4n) is 4.85. The predicted molar refractivity (Wildman–Crippen MR) is 151 cm³/mol. The number of carbonyl (C=O) groups is 3.